The van der Waals surface area contributed by atoms with Crippen LogP contribution in [0.5, 0.6) is 46.3 Å². The first-order valence-corrected chi connectivity index (χ1v) is 39.8. The number of nitrogens with one attached hydrogen (secondary N) is 5. The molecule has 0 bridgehead atoms. The van der Waals surface area contributed by atoms with E-state index in [-0.39, 0.29) is 77.5 Å². The van der Waals surface area contributed by atoms with Gasteiger partial charge in [-0.3, -0.25) is 39.1 Å². The maximum absolute atomic E-state index is 13.2. The number of aryl methyl sites for hydroxylation is 1. The molecule has 6 aliphatic rings. The summed E-state index contributed by atoms with van der Waals surface area (Å²) in [6.45, 7) is 13.2. The third kappa shape index (κ3) is 18.6. The van der Waals surface area contributed by atoms with Crippen molar-refractivity contribution in [2.24, 2.45) is 23.7 Å². The predicted octanol–water partition coefficient (Wildman–Crippen LogP) is 15.0. The molecule has 12 aromatic rings. The molecule has 23 nitrogen and oxygen atoms in total. The Morgan fingerprint density at radius 1 is 0.398 bits per heavy atom. The first-order valence-electron chi connectivity index (χ1n) is 39.8. The molecule has 4 amide bonds. The molecule has 6 aromatic heterocycles. The number of methoxy groups -OCH3 is 3. The first-order chi connectivity index (χ1) is 57.2. The molecule has 4 saturated heterocycles. The van der Waals surface area contributed by atoms with Crippen LogP contribution >= 0.6 is 0 Å². The number of hydrogen-bond donors (Lipinski definition) is 5. The van der Waals surface area contributed by atoms with Crippen molar-refractivity contribution in [2.45, 2.75) is 110 Å². The monoisotopic (exact) mass is 1600 g/mol. The molecule has 0 spiro atoms. The highest BCUT2D eigenvalue weighted by Crippen LogP contribution is 2.43. The summed E-state index contributed by atoms with van der Waals surface area (Å²) in [5.41, 5.74) is 13.7. The normalized spacial score (nSPS) is 18.4. The van der Waals surface area contributed by atoms with Crippen LogP contribution < -0.4 is 64.5 Å². The highest BCUT2D eigenvalue weighted by molar-refractivity contribution is 5.94. The number of fused-ring (bicyclic) bond motifs is 6. The van der Waals surface area contributed by atoms with Gasteiger partial charge in [-0.05, 0) is 225 Å². The zero-order valence-corrected chi connectivity index (χ0v) is 66.6. The van der Waals surface area contributed by atoms with Crippen molar-refractivity contribution in [2.75, 3.05) is 60.7 Å². The summed E-state index contributed by atoms with van der Waals surface area (Å²) in [7, 11) is 4.35. The largest absolute Gasteiger partial charge is 0.496 e. The fourth-order valence-corrected chi connectivity index (χ4v) is 15.7. The molecule has 8 atom stereocenters. The Morgan fingerprint density at radius 3 is 1.19 bits per heavy atom. The number of nitrogens with zero attached hydrogens (tertiary/aromatic N) is 6. The first kappa shape index (κ1) is 80.5. The summed E-state index contributed by atoms with van der Waals surface area (Å²) in [5.74, 6) is 5.17. The van der Waals surface area contributed by atoms with Crippen LogP contribution in [0.15, 0.2) is 183 Å². The van der Waals surface area contributed by atoms with Gasteiger partial charge < -0.3 is 64.5 Å². The van der Waals surface area contributed by atoms with Gasteiger partial charge in [-0.1, -0.05) is 18.2 Å². The highest BCUT2D eigenvalue weighted by Gasteiger charge is 2.36. The number of halogens is 3. The van der Waals surface area contributed by atoms with E-state index in [2.05, 4.69) is 105 Å². The van der Waals surface area contributed by atoms with Crippen molar-refractivity contribution >= 4 is 67.2 Å². The van der Waals surface area contributed by atoms with Gasteiger partial charge in [-0.2, -0.15) is 13.2 Å². The van der Waals surface area contributed by atoms with Crippen molar-refractivity contribution in [1.29, 1.82) is 0 Å². The van der Waals surface area contributed by atoms with Crippen LogP contribution in [0.2, 0.25) is 0 Å². The molecule has 4 fully saturated rings. The molecule has 118 heavy (non-hydrogen) atoms. The van der Waals surface area contributed by atoms with Gasteiger partial charge in [0.1, 0.15) is 53.2 Å². The van der Waals surface area contributed by atoms with E-state index in [1.807, 2.05) is 101 Å². The van der Waals surface area contributed by atoms with Crippen LogP contribution in [-0.4, -0.2) is 139 Å². The van der Waals surface area contributed by atoms with Gasteiger partial charge in [0.25, 0.3) is 5.88 Å². The number of carbonyl (C=O) groups is 4. The van der Waals surface area contributed by atoms with Gasteiger partial charge in [-0.25, -0.2) is 9.97 Å². The number of alkyl halides is 3. The highest BCUT2D eigenvalue weighted by atomic mass is 19.4. The van der Waals surface area contributed by atoms with Crippen molar-refractivity contribution < 1.29 is 70.2 Å². The van der Waals surface area contributed by atoms with Crippen molar-refractivity contribution in [1.82, 2.24) is 56.5 Å². The molecule has 6 aromatic carbocycles. The van der Waals surface area contributed by atoms with E-state index in [4.69, 9.17) is 37.9 Å². The van der Waals surface area contributed by atoms with E-state index in [1.165, 1.54) is 35.9 Å². The molecule has 608 valence electrons. The lowest BCUT2D eigenvalue weighted by Gasteiger charge is -2.22. The summed E-state index contributed by atoms with van der Waals surface area (Å²) >= 11 is 0. The fraction of sp³-hybridized carbons (Fsp3) is 0.326. The second-order valence-corrected chi connectivity index (χ2v) is 30.4. The molecular formula is C92H92F3N11O12. The molecule has 0 saturated carbocycles. The average Bonchev–Trinajstić information content (AvgIpc) is 0.979. The smallest absolute Gasteiger partial charge is 0.419 e. The number of benzene rings is 6. The van der Waals surface area contributed by atoms with Crippen LogP contribution in [-0.2, 0) is 44.7 Å². The molecule has 18 rings (SSSR count). The number of ether oxygens (including phenoxy) is 8. The van der Waals surface area contributed by atoms with E-state index >= 15 is 0 Å². The molecule has 26 heteroatoms. The maximum atomic E-state index is 13.2. The Balaban J connectivity index is 0.000000123. The molecule has 12 heterocycles. The minimum atomic E-state index is -4.51. The van der Waals surface area contributed by atoms with Crippen molar-refractivity contribution in [3.63, 3.8) is 0 Å². The molecule has 0 aliphatic carbocycles. The van der Waals surface area contributed by atoms with Crippen LogP contribution in [0.25, 0.3) is 88.1 Å². The van der Waals surface area contributed by atoms with Gasteiger partial charge in [0.05, 0.1) is 55.6 Å². The van der Waals surface area contributed by atoms with Gasteiger partial charge in [0.15, 0.2) is 5.75 Å². The second-order valence-electron chi connectivity index (χ2n) is 30.4. The number of pyridine rings is 6. The third-order valence-electron chi connectivity index (χ3n) is 22.6. The molecule has 0 radical (unpaired) electrons. The van der Waals surface area contributed by atoms with Crippen LogP contribution in [0.3, 0.4) is 0 Å². The third-order valence-corrected chi connectivity index (χ3v) is 22.6. The number of rotatable bonds is 19. The maximum Gasteiger partial charge on any atom is 0.419 e. The van der Waals surface area contributed by atoms with E-state index < -0.39 is 11.7 Å². The number of aromatic nitrogens is 6. The predicted molar refractivity (Wildman–Crippen MR) is 443 cm³/mol. The van der Waals surface area contributed by atoms with E-state index in [9.17, 15) is 32.3 Å². The lowest BCUT2D eigenvalue weighted by molar-refractivity contribution is -0.138. The van der Waals surface area contributed by atoms with Gasteiger partial charge in [0.2, 0.25) is 29.5 Å². The summed E-state index contributed by atoms with van der Waals surface area (Å²) in [6.07, 6.45) is 10.6. The van der Waals surface area contributed by atoms with Gasteiger partial charge in [-0.15, -0.1) is 0 Å². The summed E-state index contributed by atoms with van der Waals surface area (Å²) < 4.78 is 86.2. The Labute approximate surface area is 680 Å². The summed E-state index contributed by atoms with van der Waals surface area (Å²) in [4.78, 5) is 73.1. The average molecular weight is 1600 g/mol. The van der Waals surface area contributed by atoms with Gasteiger partial charge >= 0.3 is 6.18 Å². The summed E-state index contributed by atoms with van der Waals surface area (Å²) in [6, 6.07) is 45.9. The van der Waals surface area contributed by atoms with Crippen molar-refractivity contribution in [3.05, 3.63) is 205 Å². The minimum absolute atomic E-state index is 0.00225. The fourth-order valence-electron chi connectivity index (χ4n) is 15.7. The molecule has 0 unspecified atom stereocenters. The van der Waals surface area contributed by atoms with Crippen LogP contribution in [0, 0.1) is 23.7 Å². The summed E-state index contributed by atoms with van der Waals surface area (Å²) in [5, 5.41) is 18.6. The lowest BCUT2D eigenvalue weighted by Crippen LogP contribution is -2.25. The molecule has 5 N–H and O–H groups in total. The van der Waals surface area contributed by atoms with Crippen molar-refractivity contribution in [3.8, 4) is 90.8 Å². The number of carbonyl (C=O) groups excluding carboxylic acids is 4. The molecular weight excluding hydrogens is 1510 g/mol. The second kappa shape index (κ2) is 35.8. The van der Waals surface area contributed by atoms with Crippen LogP contribution in [0.1, 0.15) is 82.1 Å². The van der Waals surface area contributed by atoms with E-state index in [0.29, 0.717) is 85.9 Å². The number of hydrogen-bond acceptors (Lipinski definition) is 19. The standard InChI is InChI=1S/C24H25N3O2.C23H21F3N2O3.C23H23N3O3.C22H23N3O4/c1-15(19-12-24(28)27-14-19)29-23-11-18(10-22-21(23)3-2-7-26-22)17-5-4-16-6-8-25-13-20(16)9-17;1-13(16-11-22(29)28-12-16)31-20-10-15(8-19-17(20)4-3-7-27-19)14-5-6-18(23(24,25)26)21(9-14)30-2;1-14(17-11-22(27)25-12-17)29-21-10-16(9-20-19(21)5-2-6-24-20)18-8-15-4-3-7-28-23(15)26-13-18;1-13(15-10-21(26)24-11-15)29-19-8-14(7-18-17(19)5-4-6-23-18)16-9-20(27-2)22(28-3)25-12-16/h2-5,7,9-11,15,19,25H,6,8,12-14H2,1H3,(H,27,28);3-10,13,16H,11-12H2,1-2H3,(H,28,29);2,5-6,8-10,13-14,17H,3-4,7,11-12H2,1H3,(H,25,27);4-9,12-13,15H,10-11H2,1-3H3,(H,24,26)/t15-,19-;13-,16-;14-,17-;13-,15-/m1111/s1. The Morgan fingerprint density at radius 2 is 0.780 bits per heavy atom. The van der Waals surface area contributed by atoms with Crippen LogP contribution in [0.4, 0.5) is 13.2 Å². The SMILES string of the molecule is COc1cc(-c2cc(O[C@H](C)[C@H]3CNC(=O)C3)c3cccnc3c2)ccc1C(F)(F)F.COc1cc(-c2cc(O[C@H](C)[C@H]3CNC(=O)C3)c3cccnc3c2)cnc1OC.C[C@@H](Oc1cc(-c2ccc3c(c2)CNCC3)cc2ncccc12)[C@H]1CNC(=O)C1.C[C@@H](Oc1cc(-c2cnc3c(c2)CCCO3)cc2ncccc12)[C@H]1CNC(=O)C1. The lowest BCUT2D eigenvalue weighted by atomic mass is 9.95. The Hall–Kier alpha value is -12.7. The quantitative estimate of drug-likeness (QED) is 0.0503. The zero-order chi connectivity index (χ0) is 82.1. The topological polar surface area (TPSA) is 280 Å². The Bertz CT molecular complexity index is 5350. The van der Waals surface area contributed by atoms with Gasteiger partial charge in [0, 0.05) is 157 Å². The molecule has 6 aliphatic heterocycles. The Kier molecular flexibility index (Phi) is 24.4. The number of amides is 4. The van der Waals surface area contributed by atoms with E-state index in [0.717, 1.165) is 140 Å². The van der Waals surface area contributed by atoms with E-state index in [1.54, 1.807) is 57.2 Å². The minimum Gasteiger partial charge on any atom is -0.496 e. The zero-order valence-electron chi connectivity index (χ0n) is 66.6.